The second-order valence-corrected chi connectivity index (χ2v) is 9.99. The van der Waals surface area contributed by atoms with Crippen molar-refractivity contribution in [3.05, 3.63) is 52.5 Å². The summed E-state index contributed by atoms with van der Waals surface area (Å²) in [5.74, 6) is -6.91. The number of ketones is 2. The number of aromatic hydroxyl groups is 1. The van der Waals surface area contributed by atoms with Gasteiger partial charge in [-0.1, -0.05) is 38.8 Å². The van der Waals surface area contributed by atoms with Crippen LogP contribution in [-0.4, -0.2) is 81.1 Å². The first kappa shape index (κ1) is 31.5. The minimum atomic E-state index is -2.40. The van der Waals surface area contributed by atoms with Gasteiger partial charge in [-0.3, -0.25) is 24.1 Å². The number of hydrogen-bond donors (Lipinski definition) is 5. The topological polar surface area (TPSA) is 188 Å². The summed E-state index contributed by atoms with van der Waals surface area (Å²) in [4.78, 5) is 52.5. The molecule has 1 aliphatic rings. The molecule has 6 N–H and O–H groups in total. The molecule has 1 aromatic rings. The summed E-state index contributed by atoms with van der Waals surface area (Å²) in [5, 5.41) is 42.4. The van der Waals surface area contributed by atoms with Gasteiger partial charge >= 0.3 is 5.97 Å². The molecule has 39 heavy (non-hydrogen) atoms. The van der Waals surface area contributed by atoms with E-state index in [4.69, 9.17) is 10.5 Å². The van der Waals surface area contributed by atoms with Crippen LogP contribution in [0, 0.1) is 0 Å². The molecule has 0 saturated carbocycles. The van der Waals surface area contributed by atoms with Crippen LogP contribution in [0.5, 0.6) is 5.75 Å². The number of phenolic OH excluding ortho intramolecular Hbond substituents is 1. The molecule has 0 heterocycles. The monoisotopic (exact) mass is 546 g/mol. The van der Waals surface area contributed by atoms with E-state index in [-0.39, 0.29) is 24.8 Å². The van der Waals surface area contributed by atoms with Crippen molar-refractivity contribution in [3.8, 4) is 5.75 Å². The van der Waals surface area contributed by atoms with E-state index in [0.29, 0.717) is 18.1 Å². The summed E-state index contributed by atoms with van der Waals surface area (Å²) in [6, 6.07) is 3.36. The number of esters is 1. The molecule has 4 atom stereocenters. The van der Waals surface area contributed by atoms with Gasteiger partial charge in [0.25, 0.3) is 5.91 Å². The molecule has 0 bridgehead atoms. The average molecular weight is 547 g/mol. The van der Waals surface area contributed by atoms with Crippen molar-refractivity contribution in [2.75, 3.05) is 14.1 Å². The van der Waals surface area contributed by atoms with E-state index in [2.05, 4.69) is 0 Å². The summed E-state index contributed by atoms with van der Waals surface area (Å²) < 4.78 is 5.78. The fraction of sp³-hybridized carbons (Fsp3) is 0.500. The van der Waals surface area contributed by atoms with E-state index in [1.807, 2.05) is 6.92 Å². The maximum Gasteiger partial charge on any atom is 0.306 e. The van der Waals surface area contributed by atoms with Crippen LogP contribution in [0.4, 0.5) is 0 Å². The van der Waals surface area contributed by atoms with Crippen LogP contribution in [0.2, 0.25) is 0 Å². The van der Waals surface area contributed by atoms with Crippen LogP contribution in [0.25, 0.3) is 0 Å². The summed E-state index contributed by atoms with van der Waals surface area (Å²) in [6.07, 6.45) is -0.0810. The number of primary amides is 1. The molecule has 0 aliphatic heterocycles. The van der Waals surface area contributed by atoms with Gasteiger partial charge in [0.05, 0.1) is 11.6 Å². The van der Waals surface area contributed by atoms with Crippen molar-refractivity contribution >= 4 is 23.4 Å². The first-order valence-corrected chi connectivity index (χ1v) is 12.9. The number of Topliss-reactive ketones (excluding diaryl/α,β-unsaturated/α-hetero) is 1. The number of likely N-dealkylation sites (N-methyl/N-ethyl adjacent to an activating group) is 1. The number of benzene rings is 1. The summed E-state index contributed by atoms with van der Waals surface area (Å²) in [5.41, 5.74) is 4.63. The number of hydrogen-bond acceptors (Lipinski definition) is 10. The number of phenols is 1. The predicted octanol–water partition coefficient (Wildman–Crippen LogP) is 2.56. The largest absolute Gasteiger partial charge is 0.510 e. The lowest BCUT2D eigenvalue weighted by Crippen LogP contribution is -2.40. The Morgan fingerprint density at radius 2 is 1.77 bits per heavy atom. The number of unbranched alkanes of at least 4 members (excludes halogenated alkanes) is 2. The van der Waals surface area contributed by atoms with Gasteiger partial charge in [-0.15, -0.1) is 0 Å². The van der Waals surface area contributed by atoms with E-state index < -0.39 is 70.5 Å². The van der Waals surface area contributed by atoms with E-state index in [1.165, 1.54) is 17.0 Å². The first-order valence-electron chi connectivity index (χ1n) is 12.9. The summed E-state index contributed by atoms with van der Waals surface area (Å²) in [6.45, 7) is 3.76. The second kappa shape index (κ2) is 13.9. The van der Waals surface area contributed by atoms with Crippen molar-refractivity contribution in [2.24, 2.45) is 5.73 Å². The third-order valence-corrected chi connectivity index (χ3v) is 6.73. The molecule has 0 unspecified atom stereocenters. The van der Waals surface area contributed by atoms with E-state index in [0.717, 1.165) is 12.8 Å². The van der Waals surface area contributed by atoms with Crippen molar-refractivity contribution in [1.82, 2.24) is 4.90 Å². The lowest BCUT2D eigenvalue weighted by Gasteiger charge is -2.31. The molecule has 214 valence electrons. The Morgan fingerprint density at radius 1 is 1.10 bits per heavy atom. The number of carbonyl (C=O) groups excluding carboxylic acids is 4. The Bertz CT molecular complexity index is 1160. The molecule has 1 aromatic carbocycles. The zero-order chi connectivity index (χ0) is 29.4. The summed E-state index contributed by atoms with van der Waals surface area (Å²) in [7, 11) is 3.13. The van der Waals surface area contributed by atoms with Crippen LogP contribution in [0.15, 0.2) is 41.4 Å². The summed E-state index contributed by atoms with van der Waals surface area (Å²) >= 11 is 0. The standard InChI is InChI=1S/C28H38N2O9/c1-5-6-7-11-22(34)39-16-12-15(2)17-9-8-10-19(31)23(17)20(32)14-21(33)26(36)27(37)24(28(29)38)25(35)18(13-16)30(3)4/h8-10,14-16,18,26,31,33,35-36H,5-7,11-13H2,1-4H3,(H2,29,38)/b21-14-,25-24-/t15-,16+,18+,26+/m1/s1. The number of nitrogens with two attached hydrogens (primary N) is 1. The fourth-order valence-corrected chi connectivity index (χ4v) is 4.63. The van der Waals surface area contributed by atoms with Crippen LogP contribution in [0.3, 0.4) is 0 Å². The number of allylic oxidation sites excluding steroid dienone is 1. The molecule has 11 heteroatoms. The molecular formula is C28H38N2O9. The Kier molecular flexibility index (Phi) is 11.2. The van der Waals surface area contributed by atoms with Gasteiger partial charge in [0.2, 0.25) is 5.78 Å². The zero-order valence-electron chi connectivity index (χ0n) is 22.7. The quantitative estimate of drug-likeness (QED) is 0.193. The van der Waals surface area contributed by atoms with Gasteiger partial charge in [-0.25, -0.2) is 0 Å². The highest BCUT2D eigenvalue weighted by Gasteiger charge is 2.36. The molecule has 1 aliphatic carbocycles. The van der Waals surface area contributed by atoms with Crippen molar-refractivity contribution in [2.45, 2.75) is 76.5 Å². The molecule has 11 nitrogen and oxygen atoms in total. The first-order chi connectivity index (χ1) is 18.3. The van der Waals surface area contributed by atoms with Gasteiger partial charge in [-0.2, -0.15) is 0 Å². The molecule has 1 amide bonds. The van der Waals surface area contributed by atoms with Crippen LogP contribution < -0.4 is 5.73 Å². The van der Waals surface area contributed by atoms with Crippen LogP contribution in [0.1, 0.15) is 74.2 Å². The van der Waals surface area contributed by atoms with Gasteiger partial charge < -0.3 is 30.9 Å². The molecule has 0 saturated heterocycles. The van der Waals surface area contributed by atoms with Gasteiger partial charge in [0.15, 0.2) is 11.9 Å². The molecular weight excluding hydrogens is 508 g/mol. The van der Waals surface area contributed by atoms with Crippen molar-refractivity contribution in [1.29, 1.82) is 0 Å². The Labute approximate surface area is 227 Å². The number of ether oxygens (including phenoxy) is 1. The van der Waals surface area contributed by atoms with E-state index in [9.17, 15) is 39.6 Å². The van der Waals surface area contributed by atoms with E-state index in [1.54, 1.807) is 27.1 Å². The molecule has 0 aromatic heterocycles. The van der Waals surface area contributed by atoms with Gasteiger partial charge in [0.1, 0.15) is 28.9 Å². The maximum atomic E-state index is 13.1. The Morgan fingerprint density at radius 3 is 2.36 bits per heavy atom. The molecule has 0 spiro atoms. The maximum absolute atomic E-state index is 13.1. The number of aliphatic hydroxyl groups excluding tert-OH is 3. The number of amides is 1. The lowest BCUT2D eigenvalue weighted by molar-refractivity contribution is -0.150. The van der Waals surface area contributed by atoms with Crippen molar-refractivity contribution < 1.29 is 44.3 Å². The minimum Gasteiger partial charge on any atom is -0.510 e. The van der Waals surface area contributed by atoms with Gasteiger partial charge in [0, 0.05) is 18.9 Å². The normalized spacial score (nSPS) is 26.4. The van der Waals surface area contributed by atoms with Gasteiger partial charge in [-0.05, 0) is 44.5 Å². The lowest BCUT2D eigenvalue weighted by atomic mass is 9.86. The molecule has 0 fully saturated rings. The third-order valence-electron chi connectivity index (χ3n) is 6.73. The Hall–Kier alpha value is -3.70. The van der Waals surface area contributed by atoms with E-state index >= 15 is 0 Å². The second-order valence-electron chi connectivity index (χ2n) is 9.99. The van der Waals surface area contributed by atoms with Crippen molar-refractivity contribution in [3.63, 3.8) is 0 Å². The fourth-order valence-electron chi connectivity index (χ4n) is 4.63. The minimum absolute atomic E-state index is 0.0766. The highest BCUT2D eigenvalue weighted by atomic mass is 16.5. The average Bonchev–Trinajstić information content (AvgIpc) is 2.85. The van der Waals surface area contributed by atoms with Crippen LogP contribution in [-0.2, 0) is 19.1 Å². The zero-order valence-corrected chi connectivity index (χ0v) is 22.7. The highest BCUT2D eigenvalue weighted by Crippen LogP contribution is 2.33. The number of nitrogens with zero attached hydrogens (tertiary/aromatic N) is 1. The Balaban J connectivity index is 2.73. The third kappa shape index (κ3) is 7.90. The highest BCUT2D eigenvalue weighted by molar-refractivity contribution is 6.21. The number of fused-ring (bicyclic) bond motifs is 1. The predicted molar refractivity (Wildman–Crippen MR) is 142 cm³/mol. The number of rotatable bonds is 7. The number of carbonyl (C=O) groups is 4. The molecule has 0 radical (unpaired) electrons. The SMILES string of the molecule is CCCCCC(=O)O[C@H]1C[C@@H](C)c2cccc(O)c2C(=O)/C=C(\O)[C@H](O)C(=O)/C(C(N)=O)=C(/O)[C@@H](N(C)C)C1. The van der Waals surface area contributed by atoms with Crippen LogP contribution >= 0.6 is 0 Å². The number of aliphatic hydroxyl groups is 3. The molecule has 2 rings (SSSR count). The smallest absolute Gasteiger partial charge is 0.306 e.